The number of thiol groups is 1. The first-order chi connectivity index (χ1) is 4.22. The second-order valence-corrected chi connectivity index (χ2v) is 2.41. The summed E-state index contributed by atoms with van der Waals surface area (Å²) in [4.78, 5) is 0.606. The highest BCUT2D eigenvalue weighted by Crippen LogP contribution is 2.05. The van der Waals surface area contributed by atoms with Crippen molar-refractivity contribution in [1.29, 1.82) is 0 Å². The van der Waals surface area contributed by atoms with Gasteiger partial charge in [0.25, 0.3) is 0 Å². The SMILES string of the molecule is On1cccc(S)c1=S. The Bertz CT molecular complexity index is 245. The Balaban J connectivity index is 3.43. The molecule has 0 fully saturated rings. The fourth-order valence-electron chi connectivity index (χ4n) is 0.472. The third-order valence-corrected chi connectivity index (χ3v) is 1.83. The Kier molecular flexibility index (Phi) is 1.78. The van der Waals surface area contributed by atoms with Crippen molar-refractivity contribution in [2.45, 2.75) is 4.90 Å². The molecule has 1 heterocycles. The smallest absolute Gasteiger partial charge is 0.155 e. The number of pyridine rings is 1. The van der Waals surface area contributed by atoms with Gasteiger partial charge < -0.3 is 5.21 Å². The molecule has 4 heteroatoms. The van der Waals surface area contributed by atoms with Crippen LogP contribution in [0, 0.1) is 4.64 Å². The maximum absolute atomic E-state index is 8.86. The fraction of sp³-hybridized carbons (Fsp3) is 0. The topological polar surface area (TPSA) is 25.2 Å². The van der Waals surface area contributed by atoms with Gasteiger partial charge in [-0.1, -0.05) is 12.2 Å². The molecule has 0 unspecified atom stereocenters. The van der Waals surface area contributed by atoms with E-state index in [4.69, 9.17) is 17.4 Å². The third kappa shape index (κ3) is 1.25. The van der Waals surface area contributed by atoms with Gasteiger partial charge in [-0.25, -0.2) is 0 Å². The van der Waals surface area contributed by atoms with Crippen molar-refractivity contribution >= 4 is 24.8 Å². The quantitative estimate of drug-likeness (QED) is 0.342. The summed E-state index contributed by atoms with van der Waals surface area (Å²) in [6.45, 7) is 0. The van der Waals surface area contributed by atoms with Crippen molar-refractivity contribution in [2.75, 3.05) is 0 Å². The van der Waals surface area contributed by atoms with E-state index in [1.807, 2.05) is 0 Å². The maximum atomic E-state index is 8.86. The van der Waals surface area contributed by atoms with E-state index in [0.717, 1.165) is 4.73 Å². The number of aromatic nitrogens is 1. The Morgan fingerprint density at radius 2 is 2.33 bits per heavy atom. The molecule has 0 aromatic carbocycles. The molecule has 9 heavy (non-hydrogen) atoms. The second kappa shape index (κ2) is 2.41. The molecule has 0 saturated heterocycles. The summed E-state index contributed by atoms with van der Waals surface area (Å²) in [6, 6.07) is 3.39. The van der Waals surface area contributed by atoms with E-state index in [-0.39, 0.29) is 0 Å². The molecular formula is C5H5NOS2. The predicted molar refractivity (Wildman–Crippen MR) is 39.7 cm³/mol. The van der Waals surface area contributed by atoms with Crippen molar-refractivity contribution < 1.29 is 5.21 Å². The van der Waals surface area contributed by atoms with Gasteiger partial charge in [0.1, 0.15) is 0 Å². The minimum atomic E-state index is 0.334. The fourth-order valence-corrected chi connectivity index (χ4v) is 0.789. The van der Waals surface area contributed by atoms with Gasteiger partial charge in [0.2, 0.25) is 0 Å². The molecule has 0 amide bonds. The number of rotatable bonds is 0. The van der Waals surface area contributed by atoms with Crippen LogP contribution in [-0.4, -0.2) is 9.94 Å². The molecule has 0 spiro atoms. The van der Waals surface area contributed by atoms with Crippen LogP contribution >= 0.6 is 24.8 Å². The first kappa shape index (κ1) is 6.64. The van der Waals surface area contributed by atoms with E-state index in [1.54, 1.807) is 12.1 Å². The van der Waals surface area contributed by atoms with Crippen LogP contribution in [-0.2, 0) is 0 Å². The highest BCUT2D eigenvalue weighted by atomic mass is 32.1. The van der Waals surface area contributed by atoms with Crippen molar-refractivity contribution in [2.24, 2.45) is 0 Å². The molecule has 0 atom stereocenters. The molecule has 2 nitrogen and oxygen atoms in total. The Hall–Kier alpha value is -0.480. The van der Waals surface area contributed by atoms with Crippen molar-refractivity contribution in [3.8, 4) is 0 Å². The van der Waals surface area contributed by atoms with E-state index in [1.165, 1.54) is 6.20 Å². The summed E-state index contributed by atoms with van der Waals surface area (Å²) < 4.78 is 1.19. The largest absolute Gasteiger partial charge is 0.428 e. The molecular weight excluding hydrogens is 154 g/mol. The first-order valence-electron chi connectivity index (χ1n) is 2.31. The number of hydrogen-bond acceptors (Lipinski definition) is 3. The van der Waals surface area contributed by atoms with Gasteiger partial charge in [-0.3, -0.25) is 0 Å². The van der Waals surface area contributed by atoms with Crippen molar-refractivity contribution in [3.05, 3.63) is 23.0 Å². The molecule has 1 aromatic rings. The summed E-state index contributed by atoms with van der Waals surface area (Å²) in [6.07, 6.45) is 1.46. The van der Waals surface area contributed by atoms with Gasteiger partial charge in [-0.2, -0.15) is 4.73 Å². The second-order valence-electron chi connectivity index (χ2n) is 1.54. The van der Waals surface area contributed by atoms with Crippen LogP contribution < -0.4 is 0 Å². The zero-order chi connectivity index (χ0) is 6.85. The van der Waals surface area contributed by atoms with Crippen molar-refractivity contribution in [1.82, 2.24) is 4.73 Å². The highest BCUT2D eigenvalue weighted by Gasteiger charge is 1.89. The normalized spacial score (nSPS) is 9.44. The van der Waals surface area contributed by atoms with E-state index in [0.29, 0.717) is 9.54 Å². The molecule has 0 aliphatic carbocycles. The lowest BCUT2D eigenvalue weighted by molar-refractivity contribution is 0.178. The maximum Gasteiger partial charge on any atom is 0.155 e. The summed E-state index contributed by atoms with van der Waals surface area (Å²) in [5.41, 5.74) is 0. The lowest BCUT2D eigenvalue weighted by Gasteiger charge is -1.95. The van der Waals surface area contributed by atoms with Gasteiger partial charge >= 0.3 is 0 Å². The van der Waals surface area contributed by atoms with E-state index >= 15 is 0 Å². The Labute approximate surface area is 63.1 Å². The van der Waals surface area contributed by atoms with E-state index in [9.17, 15) is 0 Å². The molecule has 48 valence electrons. The Morgan fingerprint density at radius 3 is 2.78 bits per heavy atom. The summed E-state index contributed by atoms with van der Waals surface area (Å²) >= 11 is 8.71. The van der Waals surface area contributed by atoms with Gasteiger partial charge in [0.05, 0.1) is 0 Å². The first-order valence-corrected chi connectivity index (χ1v) is 3.17. The van der Waals surface area contributed by atoms with Gasteiger partial charge in [0.15, 0.2) is 4.64 Å². The Morgan fingerprint density at radius 1 is 1.67 bits per heavy atom. The molecule has 0 radical (unpaired) electrons. The monoisotopic (exact) mass is 159 g/mol. The van der Waals surface area contributed by atoms with Crippen LogP contribution in [0.3, 0.4) is 0 Å². The third-order valence-electron chi connectivity index (χ3n) is 0.909. The highest BCUT2D eigenvalue weighted by molar-refractivity contribution is 7.81. The predicted octanol–water partition coefficient (Wildman–Crippen LogP) is 1.74. The molecule has 0 saturated carbocycles. The standard InChI is InChI=1S/C5H5NOS2/c7-6-3-1-2-4(8)5(6)9/h1-3,7-8H. The zero-order valence-electron chi connectivity index (χ0n) is 4.48. The zero-order valence-corrected chi connectivity index (χ0v) is 6.19. The summed E-state index contributed by atoms with van der Waals surface area (Å²) in [5.74, 6) is 0. The lowest BCUT2D eigenvalue weighted by atomic mass is 10.5. The summed E-state index contributed by atoms with van der Waals surface area (Å²) in [5, 5.41) is 8.86. The van der Waals surface area contributed by atoms with Crippen molar-refractivity contribution in [3.63, 3.8) is 0 Å². The molecule has 1 rings (SSSR count). The summed E-state index contributed by atoms with van der Waals surface area (Å²) in [7, 11) is 0. The average molecular weight is 159 g/mol. The molecule has 1 aromatic heterocycles. The minimum absolute atomic E-state index is 0.334. The van der Waals surface area contributed by atoms with Gasteiger partial charge in [0, 0.05) is 11.1 Å². The molecule has 1 N–H and O–H groups in total. The van der Waals surface area contributed by atoms with Crippen LogP contribution in [0.4, 0.5) is 0 Å². The van der Waals surface area contributed by atoms with Crippen LogP contribution in [0.5, 0.6) is 0 Å². The van der Waals surface area contributed by atoms with Crippen LogP contribution in [0.25, 0.3) is 0 Å². The number of nitrogens with zero attached hydrogens (tertiary/aromatic N) is 1. The van der Waals surface area contributed by atoms with Gasteiger partial charge in [-0.15, -0.1) is 12.6 Å². The van der Waals surface area contributed by atoms with Crippen LogP contribution in [0.2, 0.25) is 0 Å². The minimum Gasteiger partial charge on any atom is -0.428 e. The van der Waals surface area contributed by atoms with E-state index < -0.39 is 0 Å². The number of hydrogen-bond donors (Lipinski definition) is 2. The molecule has 0 bridgehead atoms. The lowest BCUT2D eigenvalue weighted by Crippen LogP contribution is -1.91. The van der Waals surface area contributed by atoms with Crippen LogP contribution in [0.15, 0.2) is 23.2 Å². The average Bonchev–Trinajstić information content (AvgIpc) is 1.83. The molecule has 0 aliphatic heterocycles. The van der Waals surface area contributed by atoms with Crippen LogP contribution in [0.1, 0.15) is 0 Å². The van der Waals surface area contributed by atoms with E-state index in [2.05, 4.69) is 12.6 Å². The van der Waals surface area contributed by atoms with Gasteiger partial charge in [-0.05, 0) is 12.1 Å². The molecule has 0 aliphatic rings.